The summed E-state index contributed by atoms with van der Waals surface area (Å²) in [6.45, 7) is -0.283. The first-order chi connectivity index (χ1) is 9.87. The van der Waals surface area contributed by atoms with Crippen LogP contribution in [-0.4, -0.2) is 31.0 Å². The van der Waals surface area contributed by atoms with Gasteiger partial charge in [-0.15, -0.1) is 12.4 Å². The molecule has 22 heavy (non-hydrogen) atoms. The summed E-state index contributed by atoms with van der Waals surface area (Å²) >= 11 is 11.9. The van der Waals surface area contributed by atoms with E-state index in [-0.39, 0.29) is 24.0 Å². The molecule has 0 bridgehead atoms. The Kier molecular flexibility index (Phi) is 5.06. The van der Waals surface area contributed by atoms with Crippen molar-refractivity contribution in [1.29, 1.82) is 0 Å². The van der Waals surface area contributed by atoms with Gasteiger partial charge in [0.2, 0.25) is 5.91 Å². The van der Waals surface area contributed by atoms with Crippen molar-refractivity contribution in [3.05, 3.63) is 27.7 Å². The third-order valence-corrected chi connectivity index (χ3v) is 4.38. The lowest BCUT2D eigenvalue weighted by atomic mass is 10.1. The molecule has 9 heteroatoms. The fourth-order valence-electron chi connectivity index (χ4n) is 2.52. The smallest absolute Gasteiger partial charge is 0.262 e. The predicted molar refractivity (Wildman–Crippen MR) is 81.4 cm³/mol. The number of fused-ring (bicyclic) bond motifs is 1. The van der Waals surface area contributed by atoms with E-state index in [1.165, 1.54) is 0 Å². The number of hydrogen-bond donors (Lipinski definition) is 2. The van der Waals surface area contributed by atoms with E-state index in [0.29, 0.717) is 16.3 Å². The van der Waals surface area contributed by atoms with Gasteiger partial charge in [0.05, 0.1) is 23.7 Å². The SMILES string of the molecule is Cl.O=C(NC1COc2c1ccc(Cl)c2Cl)C1CC(F)(F)CN1. The predicted octanol–water partition coefficient (Wildman–Crippen LogP) is 2.96. The van der Waals surface area contributed by atoms with Crippen molar-refractivity contribution < 1.29 is 18.3 Å². The van der Waals surface area contributed by atoms with Crippen LogP contribution >= 0.6 is 35.6 Å². The molecule has 0 radical (unpaired) electrons. The molecule has 3 rings (SSSR count). The van der Waals surface area contributed by atoms with E-state index in [9.17, 15) is 13.6 Å². The van der Waals surface area contributed by atoms with Crippen LogP contribution in [0.4, 0.5) is 8.78 Å². The first-order valence-corrected chi connectivity index (χ1v) is 7.15. The highest BCUT2D eigenvalue weighted by molar-refractivity contribution is 6.43. The third kappa shape index (κ3) is 3.25. The molecule has 0 aliphatic carbocycles. The first kappa shape index (κ1) is 17.5. The van der Waals surface area contributed by atoms with Crippen molar-refractivity contribution in [3.63, 3.8) is 0 Å². The number of carbonyl (C=O) groups is 1. The van der Waals surface area contributed by atoms with Crippen molar-refractivity contribution in [1.82, 2.24) is 10.6 Å². The molecule has 2 atom stereocenters. The Hall–Kier alpha value is -0.820. The van der Waals surface area contributed by atoms with Gasteiger partial charge in [-0.25, -0.2) is 8.78 Å². The molecule has 1 aromatic carbocycles. The Morgan fingerprint density at radius 1 is 1.41 bits per heavy atom. The van der Waals surface area contributed by atoms with E-state index >= 15 is 0 Å². The zero-order valence-electron chi connectivity index (χ0n) is 11.2. The van der Waals surface area contributed by atoms with Gasteiger partial charge in [-0.05, 0) is 6.07 Å². The topological polar surface area (TPSA) is 50.4 Å². The van der Waals surface area contributed by atoms with Crippen LogP contribution in [0.2, 0.25) is 10.0 Å². The van der Waals surface area contributed by atoms with Crippen LogP contribution in [0.5, 0.6) is 5.75 Å². The molecule has 1 amide bonds. The Bertz CT molecular complexity index is 601. The molecule has 2 N–H and O–H groups in total. The van der Waals surface area contributed by atoms with Gasteiger partial charge in [-0.1, -0.05) is 29.3 Å². The molecule has 1 aromatic rings. The fourth-order valence-corrected chi connectivity index (χ4v) is 2.89. The van der Waals surface area contributed by atoms with Crippen molar-refractivity contribution in [2.24, 2.45) is 0 Å². The lowest BCUT2D eigenvalue weighted by Gasteiger charge is -2.15. The van der Waals surface area contributed by atoms with Gasteiger partial charge in [-0.2, -0.15) is 0 Å². The van der Waals surface area contributed by atoms with Gasteiger partial charge >= 0.3 is 0 Å². The maximum absolute atomic E-state index is 13.1. The molecular formula is C13H13Cl3F2N2O2. The Balaban J connectivity index is 0.00000176. The quantitative estimate of drug-likeness (QED) is 0.838. The minimum atomic E-state index is -2.84. The lowest BCUT2D eigenvalue weighted by Crippen LogP contribution is -2.42. The van der Waals surface area contributed by atoms with Crippen LogP contribution in [0.15, 0.2) is 12.1 Å². The van der Waals surface area contributed by atoms with Crippen LogP contribution in [0.3, 0.4) is 0 Å². The highest BCUT2D eigenvalue weighted by atomic mass is 35.5. The number of rotatable bonds is 2. The van der Waals surface area contributed by atoms with Crippen LogP contribution in [-0.2, 0) is 4.79 Å². The molecule has 0 saturated carbocycles. The van der Waals surface area contributed by atoms with Crippen LogP contribution in [0, 0.1) is 0 Å². The van der Waals surface area contributed by atoms with E-state index in [0.717, 1.165) is 0 Å². The molecule has 2 aliphatic heterocycles. The molecule has 2 heterocycles. The minimum Gasteiger partial charge on any atom is -0.489 e. The van der Waals surface area contributed by atoms with Gasteiger partial charge in [0, 0.05) is 12.0 Å². The molecule has 2 unspecified atom stereocenters. The van der Waals surface area contributed by atoms with Crippen molar-refractivity contribution >= 4 is 41.5 Å². The van der Waals surface area contributed by atoms with E-state index < -0.39 is 36.9 Å². The summed E-state index contributed by atoms with van der Waals surface area (Å²) in [4.78, 5) is 12.0. The summed E-state index contributed by atoms with van der Waals surface area (Å²) in [7, 11) is 0. The summed E-state index contributed by atoms with van der Waals surface area (Å²) in [6, 6.07) is 2.00. The summed E-state index contributed by atoms with van der Waals surface area (Å²) in [5, 5.41) is 5.86. The first-order valence-electron chi connectivity index (χ1n) is 6.40. The average molecular weight is 374 g/mol. The van der Waals surface area contributed by atoms with Crippen molar-refractivity contribution in [3.8, 4) is 5.75 Å². The molecule has 2 aliphatic rings. The average Bonchev–Trinajstić information content (AvgIpc) is 2.98. The van der Waals surface area contributed by atoms with Crippen molar-refractivity contribution in [2.75, 3.05) is 13.2 Å². The van der Waals surface area contributed by atoms with Gasteiger partial charge in [-0.3, -0.25) is 10.1 Å². The molecule has 0 spiro atoms. The number of carbonyl (C=O) groups excluding carboxylic acids is 1. The number of benzene rings is 1. The van der Waals surface area contributed by atoms with Gasteiger partial charge < -0.3 is 10.1 Å². The van der Waals surface area contributed by atoms with E-state index in [1.807, 2.05) is 0 Å². The highest BCUT2D eigenvalue weighted by Crippen LogP contribution is 2.42. The Labute approximate surface area is 141 Å². The molecule has 0 aromatic heterocycles. The highest BCUT2D eigenvalue weighted by Gasteiger charge is 2.43. The monoisotopic (exact) mass is 372 g/mol. The van der Waals surface area contributed by atoms with Crippen LogP contribution in [0.1, 0.15) is 18.0 Å². The standard InChI is InChI=1S/C13H12Cl2F2N2O2.ClH/c14-7-2-1-6-9(4-21-11(6)10(7)15)19-12(20)8-3-13(16,17)5-18-8;/h1-2,8-9,18H,3-5H2,(H,19,20);1H. The largest absolute Gasteiger partial charge is 0.489 e. The summed E-state index contributed by atoms with van der Waals surface area (Å²) in [5.74, 6) is -2.89. The van der Waals surface area contributed by atoms with Crippen LogP contribution in [0.25, 0.3) is 0 Å². The second-order valence-electron chi connectivity index (χ2n) is 5.15. The second-order valence-corrected chi connectivity index (χ2v) is 5.93. The van der Waals surface area contributed by atoms with Gasteiger partial charge in [0.25, 0.3) is 5.92 Å². The number of nitrogens with one attached hydrogen (secondary N) is 2. The van der Waals surface area contributed by atoms with Gasteiger partial charge in [0.1, 0.15) is 17.4 Å². The lowest BCUT2D eigenvalue weighted by molar-refractivity contribution is -0.124. The summed E-state index contributed by atoms with van der Waals surface area (Å²) in [5.41, 5.74) is 0.697. The van der Waals surface area contributed by atoms with Crippen LogP contribution < -0.4 is 15.4 Å². The fraction of sp³-hybridized carbons (Fsp3) is 0.462. The number of ether oxygens (including phenoxy) is 1. The number of alkyl halides is 2. The zero-order chi connectivity index (χ0) is 15.2. The van der Waals surface area contributed by atoms with Gasteiger partial charge in [0.15, 0.2) is 0 Å². The molecule has 1 saturated heterocycles. The van der Waals surface area contributed by atoms with E-state index in [4.69, 9.17) is 27.9 Å². The second kappa shape index (κ2) is 6.35. The summed E-state index contributed by atoms with van der Waals surface area (Å²) < 4.78 is 31.6. The molecule has 1 fully saturated rings. The molecule has 4 nitrogen and oxygen atoms in total. The minimum absolute atomic E-state index is 0. The Morgan fingerprint density at radius 3 is 2.77 bits per heavy atom. The third-order valence-electron chi connectivity index (χ3n) is 3.59. The normalized spacial score (nSPS) is 25.1. The number of amides is 1. The Morgan fingerprint density at radius 2 is 2.14 bits per heavy atom. The van der Waals surface area contributed by atoms with E-state index in [1.54, 1.807) is 12.1 Å². The maximum Gasteiger partial charge on any atom is 0.262 e. The molecular weight excluding hydrogens is 361 g/mol. The van der Waals surface area contributed by atoms with Crippen molar-refractivity contribution in [2.45, 2.75) is 24.4 Å². The summed E-state index contributed by atoms with van der Waals surface area (Å²) in [6.07, 6.45) is -0.499. The van der Waals surface area contributed by atoms with E-state index in [2.05, 4.69) is 10.6 Å². The number of halogens is 5. The molecule has 122 valence electrons. The zero-order valence-corrected chi connectivity index (χ0v) is 13.5. The maximum atomic E-state index is 13.1. The number of hydrogen-bond acceptors (Lipinski definition) is 3.